The van der Waals surface area contributed by atoms with Crippen LogP contribution in [0, 0.1) is 0 Å². The SMILES string of the molecule is Nc1ccc2nc(SCc3ccc(Br)s3)oc2c1. The second-order valence-electron chi connectivity index (χ2n) is 3.70. The summed E-state index contributed by atoms with van der Waals surface area (Å²) >= 11 is 6.76. The van der Waals surface area contributed by atoms with E-state index in [1.807, 2.05) is 18.2 Å². The molecule has 92 valence electrons. The highest BCUT2D eigenvalue weighted by Crippen LogP contribution is 2.30. The van der Waals surface area contributed by atoms with Gasteiger partial charge >= 0.3 is 0 Å². The molecule has 18 heavy (non-hydrogen) atoms. The van der Waals surface area contributed by atoms with Crippen LogP contribution in [0.1, 0.15) is 4.88 Å². The molecule has 1 aromatic carbocycles. The predicted octanol–water partition coefficient (Wildman–Crippen LogP) is 4.53. The lowest BCUT2D eigenvalue weighted by Crippen LogP contribution is -1.81. The molecule has 0 aliphatic heterocycles. The second kappa shape index (κ2) is 4.95. The van der Waals surface area contributed by atoms with Crippen molar-refractivity contribution in [1.29, 1.82) is 0 Å². The fourth-order valence-electron chi connectivity index (χ4n) is 1.54. The van der Waals surface area contributed by atoms with Crippen molar-refractivity contribution >= 4 is 55.8 Å². The summed E-state index contributed by atoms with van der Waals surface area (Å²) in [7, 11) is 0. The highest BCUT2D eigenvalue weighted by atomic mass is 79.9. The van der Waals surface area contributed by atoms with Crippen molar-refractivity contribution in [3.8, 4) is 0 Å². The van der Waals surface area contributed by atoms with E-state index in [4.69, 9.17) is 10.2 Å². The first-order chi connectivity index (χ1) is 8.70. The molecule has 0 spiro atoms. The second-order valence-corrected chi connectivity index (χ2v) is 7.18. The molecule has 3 rings (SSSR count). The summed E-state index contributed by atoms with van der Waals surface area (Å²) in [5.74, 6) is 0.860. The quantitative estimate of drug-likeness (QED) is 0.562. The summed E-state index contributed by atoms with van der Waals surface area (Å²) in [5.41, 5.74) is 7.98. The van der Waals surface area contributed by atoms with Crippen molar-refractivity contribution in [1.82, 2.24) is 4.98 Å². The van der Waals surface area contributed by atoms with Gasteiger partial charge in [-0.05, 0) is 40.2 Å². The summed E-state index contributed by atoms with van der Waals surface area (Å²) in [6, 6.07) is 9.65. The minimum Gasteiger partial charge on any atom is -0.431 e. The van der Waals surface area contributed by atoms with Gasteiger partial charge in [0.05, 0.1) is 3.79 Å². The number of rotatable bonds is 3. The lowest BCUT2D eigenvalue weighted by Gasteiger charge is -1.92. The largest absolute Gasteiger partial charge is 0.431 e. The third kappa shape index (κ3) is 2.55. The van der Waals surface area contributed by atoms with E-state index in [0.717, 1.165) is 20.6 Å². The first kappa shape index (κ1) is 12.1. The van der Waals surface area contributed by atoms with Crippen LogP contribution in [0.2, 0.25) is 0 Å². The van der Waals surface area contributed by atoms with E-state index in [0.29, 0.717) is 10.9 Å². The molecule has 6 heteroatoms. The van der Waals surface area contributed by atoms with Crippen molar-refractivity contribution < 1.29 is 4.42 Å². The van der Waals surface area contributed by atoms with Crippen LogP contribution in [0.3, 0.4) is 0 Å². The van der Waals surface area contributed by atoms with Gasteiger partial charge < -0.3 is 10.2 Å². The molecule has 0 bridgehead atoms. The number of hydrogen-bond acceptors (Lipinski definition) is 5. The van der Waals surface area contributed by atoms with E-state index >= 15 is 0 Å². The summed E-state index contributed by atoms with van der Waals surface area (Å²) in [6.45, 7) is 0. The van der Waals surface area contributed by atoms with Crippen molar-refractivity contribution in [3.63, 3.8) is 0 Å². The van der Waals surface area contributed by atoms with Gasteiger partial charge in [-0.1, -0.05) is 11.8 Å². The molecule has 0 atom stereocenters. The molecule has 0 amide bonds. The fourth-order valence-corrected chi connectivity index (χ4v) is 3.91. The number of fused-ring (bicyclic) bond motifs is 1. The number of thiophene rings is 1. The number of nitrogen functional groups attached to an aromatic ring is 1. The number of benzene rings is 1. The molecule has 3 nitrogen and oxygen atoms in total. The summed E-state index contributed by atoms with van der Waals surface area (Å²) in [6.07, 6.45) is 0. The van der Waals surface area contributed by atoms with E-state index in [9.17, 15) is 0 Å². The standard InChI is InChI=1S/C12H9BrN2OS2/c13-11-4-2-8(18-11)6-17-12-15-9-3-1-7(14)5-10(9)16-12/h1-5H,6,14H2. The van der Waals surface area contributed by atoms with E-state index in [1.165, 1.54) is 4.88 Å². The van der Waals surface area contributed by atoms with Gasteiger partial charge in [0, 0.05) is 22.4 Å². The Balaban J connectivity index is 1.78. The monoisotopic (exact) mass is 340 g/mol. The molecule has 0 saturated heterocycles. The Bertz CT molecular complexity index is 692. The van der Waals surface area contributed by atoms with Crippen LogP contribution >= 0.6 is 39.0 Å². The van der Waals surface area contributed by atoms with Crippen LogP contribution in [-0.4, -0.2) is 4.98 Å². The minimum atomic E-state index is 0.681. The third-order valence-corrected chi connectivity index (χ3v) is 5.04. The Kier molecular flexibility index (Phi) is 3.32. The molecule has 0 aliphatic rings. The van der Waals surface area contributed by atoms with Crippen molar-refractivity contribution in [2.45, 2.75) is 11.0 Å². The Morgan fingerprint density at radius 3 is 3.00 bits per heavy atom. The number of nitrogens with zero attached hydrogens (tertiary/aromatic N) is 1. The van der Waals surface area contributed by atoms with Gasteiger partial charge in [-0.15, -0.1) is 11.3 Å². The van der Waals surface area contributed by atoms with Gasteiger partial charge in [-0.2, -0.15) is 0 Å². The molecular weight excluding hydrogens is 332 g/mol. The van der Waals surface area contributed by atoms with Crippen molar-refractivity contribution in [2.75, 3.05) is 5.73 Å². The van der Waals surface area contributed by atoms with E-state index in [-0.39, 0.29) is 0 Å². The Morgan fingerprint density at radius 2 is 2.22 bits per heavy atom. The topological polar surface area (TPSA) is 52.0 Å². The molecule has 3 aromatic rings. The number of aromatic nitrogens is 1. The molecule has 2 heterocycles. The van der Waals surface area contributed by atoms with Crippen LogP contribution in [0.4, 0.5) is 5.69 Å². The maximum atomic E-state index is 5.70. The fraction of sp³-hybridized carbons (Fsp3) is 0.0833. The van der Waals surface area contributed by atoms with Crippen molar-refractivity contribution in [3.05, 3.63) is 39.0 Å². The normalized spacial score (nSPS) is 11.2. The smallest absolute Gasteiger partial charge is 0.257 e. The molecule has 0 aliphatic carbocycles. The Labute approximate surface area is 121 Å². The number of nitrogens with two attached hydrogens (primary N) is 1. The molecule has 0 radical (unpaired) electrons. The maximum absolute atomic E-state index is 5.70. The van der Waals surface area contributed by atoms with Crippen LogP contribution in [-0.2, 0) is 5.75 Å². The number of hydrogen-bond donors (Lipinski definition) is 1. The Morgan fingerprint density at radius 1 is 1.33 bits per heavy atom. The molecular formula is C12H9BrN2OS2. The third-order valence-electron chi connectivity index (χ3n) is 2.36. The number of halogens is 1. The average molecular weight is 341 g/mol. The zero-order valence-electron chi connectivity index (χ0n) is 9.22. The zero-order chi connectivity index (χ0) is 12.5. The maximum Gasteiger partial charge on any atom is 0.257 e. The van der Waals surface area contributed by atoms with Crippen LogP contribution < -0.4 is 5.73 Å². The summed E-state index contributed by atoms with van der Waals surface area (Å²) in [5, 5.41) is 0.681. The van der Waals surface area contributed by atoms with Crippen LogP contribution in [0.25, 0.3) is 11.1 Å². The number of thioether (sulfide) groups is 1. The van der Waals surface area contributed by atoms with Gasteiger partial charge in [0.25, 0.3) is 5.22 Å². The van der Waals surface area contributed by atoms with E-state index in [1.54, 1.807) is 29.2 Å². The zero-order valence-corrected chi connectivity index (χ0v) is 12.4. The highest BCUT2D eigenvalue weighted by molar-refractivity contribution is 9.11. The minimum absolute atomic E-state index is 0.681. The van der Waals surface area contributed by atoms with Crippen molar-refractivity contribution in [2.24, 2.45) is 0 Å². The molecule has 2 aromatic heterocycles. The lowest BCUT2D eigenvalue weighted by atomic mass is 10.3. The first-order valence-corrected chi connectivity index (χ1v) is 7.83. The molecule has 2 N–H and O–H groups in total. The van der Waals surface area contributed by atoms with Gasteiger partial charge in [0.1, 0.15) is 5.52 Å². The average Bonchev–Trinajstić information content (AvgIpc) is 2.92. The summed E-state index contributed by atoms with van der Waals surface area (Å²) in [4.78, 5) is 5.70. The van der Waals surface area contributed by atoms with Crippen LogP contribution in [0.5, 0.6) is 0 Å². The Hall–Kier alpha value is -0.980. The number of anilines is 1. The molecule has 0 saturated carbocycles. The van der Waals surface area contributed by atoms with Gasteiger partial charge in [0.2, 0.25) is 0 Å². The van der Waals surface area contributed by atoms with Gasteiger partial charge in [0.15, 0.2) is 5.58 Å². The molecule has 0 fully saturated rings. The predicted molar refractivity (Wildman–Crippen MR) is 80.0 cm³/mol. The highest BCUT2D eigenvalue weighted by Gasteiger charge is 2.07. The lowest BCUT2D eigenvalue weighted by molar-refractivity contribution is 0.489. The van der Waals surface area contributed by atoms with Gasteiger partial charge in [-0.25, -0.2) is 4.98 Å². The van der Waals surface area contributed by atoms with E-state index in [2.05, 4.69) is 27.0 Å². The number of oxazole rings is 1. The van der Waals surface area contributed by atoms with Crippen LogP contribution in [0.15, 0.2) is 43.8 Å². The molecule has 0 unspecified atom stereocenters. The first-order valence-electron chi connectivity index (χ1n) is 5.24. The van der Waals surface area contributed by atoms with Gasteiger partial charge in [-0.3, -0.25) is 0 Å². The van der Waals surface area contributed by atoms with E-state index < -0.39 is 0 Å². The summed E-state index contributed by atoms with van der Waals surface area (Å²) < 4.78 is 6.78.